The highest BCUT2D eigenvalue weighted by molar-refractivity contribution is 7.80. The number of hydrogen-bond acceptors (Lipinski definition) is 3. The van der Waals surface area contributed by atoms with Gasteiger partial charge in [0.05, 0.1) is 10.4 Å². The molecule has 5 nitrogen and oxygen atoms in total. The van der Waals surface area contributed by atoms with Gasteiger partial charge in [0, 0.05) is 19.0 Å². The highest BCUT2D eigenvalue weighted by Crippen LogP contribution is 2.45. The van der Waals surface area contributed by atoms with Crippen LogP contribution in [-0.4, -0.2) is 29.4 Å². The molecular formula is C14H23N3O2S. The molecule has 2 fully saturated rings. The van der Waals surface area contributed by atoms with Crippen LogP contribution in [0, 0.1) is 11.3 Å². The zero-order chi connectivity index (χ0) is 14.8. The van der Waals surface area contributed by atoms with E-state index in [0.717, 1.165) is 25.7 Å². The standard InChI is InChI=1S/C14H23N3O2S/c1-9-7-14(8-9,12(15)20)13(19)16-6-2-3-11(18)17-10-4-5-10/h9-10H,2-8H2,1H3,(H2,15,20)(H,16,19)(H,17,18). The molecule has 20 heavy (non-hydrogen) atoms. The lowest BCUT2D eigenvalue weighted by atomic mass is 9.62. The maximum absolute atomic E-state index is 12.2. The normalized spacial score (nSPS) is 28.4. The fourth-order valence-electron chi connectivity index (χ4n) is 2.78. The summed E-state index contributed by atoms with van der Waals surface area (Å²) >= 11 is 5.04. The van der Waals surface area contributed by atoms with E-state index in [4.69, 9.17) is 18.0 Å². The molecule has 2 aliphatic rings. The van der Waals surface area contributed by atoms with E-state index in [1.165, 1.54) is 0 Å². The largest absolute Gasteiger partial charge is 0.392 e. The van der Waals surface area contributed by atoms with Crippen LogP contribution in [0.1, 0.15) is 45.4 Å². The van der Waals surface area contributed by atoms with E-state index in [-0.39, 0.29) is 11.8 Å². The van der Waals surface area contributed by atoms with Gasteiger partial charge in [-0.05, 0) is 38.0 Å². The van der Waals surface area contributed by atoms with Crippen molar-refractivity contribution < 1.29 is 9.59 Å². The summed E-state index contributed by atoms with van der Waals surface area (Å²) in [5.41, 5.74) is 5.07. The summed E-state index contributed by atoms with van der Waals surface area (Å²) < 4.78 is 0. The second-order valence-electron chi connectivity index (χ2n) is 6.16. The first-order valence-electron chi connectivity index (χ1n) is 7.31. The molecule has 0 aromatic rings. The Hall–Kier alpha value is -1.17. The van der Waals surface area contributed by atoms with Gasteiger partial charge in [-0.15, -0.1) is 0 Å². The minimum atomic E-state index is -0.648. The van der Waals surface area contributed by atoms with Crippen LogP contribution < -0.4 is 16.4 Å². The Morgan fingerprint density at radius 3 is 2.50 bits per heavy atom. The first-order valence-corrected chi connectivity index (χ1v) is 7.72. The van der Waals surface area contributed by atoms with E-state index < -0.39 is 5.41 Å². The van der Waals surface area contributed by atoms with Gasteiger partial charge in [-0.2, -0.15) is 0 Å². The predicted molar refractivity (Wildman–Crippen MR) is 81.0 cm³/mol. The number of nitrogens with two attached hydrogens (primary N) is 1. The Balaban J connectivity index is 1.66. The van der Waals surface area contributed by atoms with E-state index in [9.17, 15) is 9.59 Å². The molecule has 4 N–H and O–H groups in total. The van der Waals surface area contributed by atoms with Crippen molar-refractivity contribution in [3.63, 3.8) is 0 Å². The fourth-order valence-corrected chi connectivity index (χ4v) is 3.04. The first-order chi connectivity index (χ1) is 9.44. The van der Waals surface area contributed by atoms with Crippen LogP contribution >= 0.6 is 12.2 Å². The third-order valence-electron chi connectivity index (χ3n) is 4.11. The summed E-state index contributed by atoms with van der Waals surface area (Å²) in [6.07, 6.45) is 4.75. The minimum Gasteiger partial charge on any atom is -0.392 e. The molecule has 112 valence electrons. The number of thiocarbonyl (C=S) groups is 1. The van der Waals surface area contributed by atoms with Gasteiger partial charge in [0.2, 0.25) is 11.8 Å². The number of nitrogens with one attached hydrogen (secondary N) is 2. The van der Waals surface area contributed by atoms with Crippen molar-refractivity contribution in [2.75, 3.05) is 6.54 Å². The number of rotatable bonds is 7. The lowest BCUT2D eigenvalue weighted by Crippen LogP contribution is -2.56. The van der Waals surface area contributed by atoms with Crippen molar-refractivity contribution in [1.29, 1.82) is 0 Å². The molecule has 2 aliphatic carbocycles. The van der Waals surface area contributed by atoms with Crippen molar-refractivity contribution in [2.24, 2.45) is 17.1 Å². The van der Waals surface area contributed by atoms with Gasteiger partial charge in [-0.1, -0.05) is 19.1 Å². The quantitative estimate of drug-likeness (QED) is 0.481. The topological polar surface area (TPSA) is 84.2 Å². The zero-order valence-electron chi connectivity index (χ0n) is 11.9. The molecule has 2 rings (SSSR count). The van der Waals surface area contributed by atoms with Crippen molar-refractivity contribution in [1.82, 2.24) is 10.6 Å². The van der Waals surface area contributed by atoms with Crippen LogP contribution in [0.5, 0.6) is 0 Å². The van der Waals surface area contributed by atoms with Gasteiger partial charge in [-0.3, -0.25) is 9.59 Å². The average Bonchev–Trinajstić information content (AvgIpc) is 3.13. The summed E-state index contributed by atoms with van der Waals surface area (Å²) in [7, 11) is 0. The van der Waals surface area contributed by atoms with Crippen LogP contribution in [0.2, 0.25) is 0 Å². The first kappa shape index (κ1) is 15.2. The van der Waals surface area contributed by atoms with Gasteiger partial charge in [0.15, 0.2) is 0 Å². The van der Waals surface area contributed by atoms with Crippen molar-refractivity contribution in [2.45, 2.75) is 51.5 Å². The van der Waals surface area contributed by atoms with Crippen LogP contribution in [0.25, 0.3) is 0 Å². The van der Waals surface area contributed by atoms with Gasteiger partial charge >= 0.3 is 0 Å². The SMILES string of the molecule is CC1CC(C(=O)NCCCC(=O)NC2CC2)(C(N)=S)C1. The Morgan fingerprint density at radius 1 is 1.35 bits per heavy atom. The molecule has 0 aromatic heterocycles. The van der Waals surface area contributed by atoms with E-state index in [1.807, 2.05) is 0 Å². The van der Waals surface area contributed by atoms with Gasteiger partial charge in [0.25, 0.3) is 0 Å². The van der Waals surface area contributed by atoms with E-state index in [1.54, 1.807) is 0 Å². The van der Waals surface area contributed by atoms with Crippen LogP contribution in [-0.2, 0) is 9.59 Å². The molecule has 0 bridgehead atoms. The molecule has 0 spiro atoms. The molecule has 0 heterocycles. The predicted octanol–water partition coefficient (Wildman–Crippen LogP) is 0.864. The molecule has 0 radical (unpaired) electrons. The zero-order valence-corrected chi connectivity index (χ0v) is 12.7. The lowest BCUT2D eigenvalue weighted by molar-refractivity contribution is -0.133. The molecule has 2 saturated carbocycles. The number of carbonyl (C=O) groups excluding carboxylic acids is 2. The second kappa shape index (κ2) is 6.08. The number of carbonyl (C=O) groups is 2. The molecule has 0 aliphatic heterocycles. The molecule has 2 amide bonds. The highest BCUT2D eigenvalue weighted by Gasteiger charge is 2.50. The van der Waals surface area contributed by atoms with E-state index >= 15 is 0 Å². The van der Waals surface area contributed by atoms with Crippen LogP contribution in [0.4, 0.5) is 0 Å². The van der Waals surface area contributed by atoms with Crippen LogP contribution in [0.3, 0.4) is 0 Å². The summed E-state index contributed by atoms with van der Waals surface area (Å²) in [6, 6.07) is 0.395. The van der Waals surface area contributed by atoms with Gasteiger partial charge in [-0.25, -0.2) is 0 Å². The smallest absolute Gasteiger partial charge is 0.233 e. The summed E-state index contributed by atoms with van der Waals surface area (Å²) in [4.78, 5) is 24.0. The Labute approximate surface area is 125 Å². The molecule has 0 aromatic carbocycles. The maximum Gasteiger partial charge on any atom is 0.233 e. The minimum absolute atomic E-state index is 0.0723. The van der Waals surface area contributed by atoms with Gasteiger partial charge < -0.3 is 16.4 Å². The maximum atomic E-state index is 12.2. The van der Waals surface area contributed by atoms with Gasteiger partial charge in [0.1, 0.15) is 0 Å². The summed E-state index contributed by atoms with van der Waals surface area (Å²) in [6.45, 7) is 2.59. The molecule has 0 unspecified atom stereocenters. The average molecular weight is 297 g/mol. The number of amides is 2. The fraction of sp³-hybridized carbons (Fsp3) is 0.786. The molecule has 0 atom stereocenters. The summed E-state index contributed by atoms with van der Waals surface area (Å²) in [5, 5.41) is 5.79. The molecule has 6 heteroatoms. The van der Waals surface area contributed by atoms with Crippen molar-refractivity contribution in [3.8, 4) is 0 Å². The van der Waals surface area contributed by atoms with Crippen molar-refractivity contribution in [3.05, 3.63) is 0 Å². The third kappa shape index (κ3) is 3.48. The van der Waals surface area contributed by atoms with E-state index in [0.29, 0.717) is 36.3 Å². The second-order valence-corrected chi connectivity index (χ2v) is 6.60. The highest BCUT2D eigenvalue weighted by atomic mass is 32.1. The van der Waals surface area contributed by atoms with Crippen LogP contribution in [0.15, 0.2) is 0 Å². The third-order valence-corrected chi connectivity index (χ3v) is 4.50. The molecule has 0 saturated heterocycles. The van der Waals surface area contributed by atoms with E-state index in [2.05, 4.69) is 17.6 Å². The monoisotopic (exact) mass is 297 g/mol. The Morgan fingerprint density at radius 2 is 2.00 bits per heavy atom. The summed E-state index contributed by atoms with van der Waals surface area (Å²) in [5.74, 6) is 0.486. The molecular weight excluding hydrogens is 274 g/mol. The van der Waals surface area contributed by atoms with Crippen molar-refractivity contribution >= 4 is 29.0 Å². The Kier molecular flexibility index (Phi) is 4.62. The lowest BCUT2D eigenvalue weighted by Gasteiger charge is -2.44. The number of hydrogen-bond donors (Lipinski definition) is 3. The Bertz CT molecular complexity index is 415.